The fourth-order valence-electron chi connectivity index (χ4n) is 1.87. The molecule has 0 saturated heterocycles. The van der Waals surface area contributed by atoms with Crippen molar-refractivity contribution in [3.63, 3.8) is 0 Å². The second-order valence-electron chi connectivity index (χ2n) is 4.86. The van der Waals surface area contributed by atoms with Crippen molar-refractivity contribution in [1.82, 2.24) is 0 Å². The van der Waals surface area contributed by atoms with Crippen LogP contribution in [0.15, 0.2) is 12.1 Å². The first-order valence-corrected chi connectivity index (χ1v) is 6.71. The van der Waals surface area contributed by atoms with E-state index in [4.69, 9.17) is 5.73 Å². The van der Waals surface area contributed by atoms with E-state index in [-0.39, 0.29) is 17.3 Å². The minimum absolute atomic E-state index is 0.0663. The molecule has 3 N–H and O–H groups in total. The lowest BCUT2D eigenvalue weighted by molar-refractivity contribution is -0.384. The number of anilines is 1. The number of rotatable bonds is 7. The number of hydrogen-bond donors (Lipinski definition) is 2. The Hall–Kier alpha value is -1.95. The van der Waals surface area contributed by atoms with E-state index in [1.54, 1.807) is 13.0 Å². The van der Waals surface area contributed by atoms with Gasteiger partial charge >= 0.3 is 0 Å². The van der Waals surface area contributed by atoms with E-state index in [0.717, 1.165) is 30.4 Å². The molecule has 0 unspecified atom stereocenters. The number of nitrogens with two attached hydrogens (primary N) is 1. The number of nitrogens with zero attached hydrogens (tertiary/aromatic N) is 1. The van der Waals surface area contributed by atoms with Crippen LogP contribution in [0.2, 0.25) is 0 Å². The highest BCUT2D eigenvalue weighted by Crippen LogP contribution is 2.28. The molecule has 110 valence electrons. The highest BCUT2D eigenvalue weighted by Gasteiger charge is 2.17. The molecule has 1 amide bonds. The van der Waals surface area contributed by atoms with Crippen LogP contribution >= 0.6 is 0 Å². The van der Waals surface area contributed by atoms with Gasteiger partial charge in [0.05, 0.1) is 4.92 Å². The quantitative estimate of drug-likeness (QED) is 0.455. The largest absolute Gasteiger partial charge is 0.330 e. The van der Waals surface area contributed by atoms with Crippen molar-refractivity contribution >= 4 is 17.3 Å². The molecule has 0 aromatic heterocycles. The predicted molar refractivity (Wildman–Crippen MR) is 78.7 cm³/mol. The van der Waals surface area contributed by atoms with Crippen molar-refractivity contribution in [2.75, 3.05) is 11.9 Å². The summed E-state index contributed by atoms with van der Waals surface area (Å²) in [5.41, 5.74) is 7.32. The van der Waals surface area contributed by atoms with Gasteiger partial charge in [-0.2, -0.15) is 0 Å². The molecule has 0 aliphatic carbocycles. The normalized spacial score (nSPS) is 10.3. The number of hydrogen-bond acceptors (Lipinski definition) is 4. The number of unbranched alkanes of at least 4 members (excludes halogenated alkanes) is 2. The SMILES string of the molecule is Cc1cc(NC(=O)CCCCCN)c([N+](=O)[O-])cc1C. The molecule has 0 atom stereocenters. The van der Waals surface area contributed by atoms with Crippen LogP contribution in [0.1, 0.15) is 36.8 Å². The number of amides is 1. The van der Waals surface area contributed by atoms with Crippen LogP contribution in [0.3, 0.4) is 0 Å². The molecule has 1 aromatic rings. The molecule has 0 spiro atoms. The van der Waals surface area contributed by atoms with Crippen molar-refractivity contribution in [2.45, 2.75) is 39.5 Å². The van der Waals surface area contributed by atoms with Crippen molar-refractivity contribution in [3.05, 3.63) is 33.4 Å². The second kappa shape index (κ2) is 7.59. The van der Waals surface area contributed by atoms with Gasteiger partial charge < -0.3 is 11.1 Å². The Morgan fingerprint density at radius 1 is 1.25 bits per heavy atom. The number of nitro benzene ring substituents is 1. The zero-order valence-corrected chi connectivity index (χ0v) is 11.9. The van der Waals surface area contributed by atoms with Crippen LogP contribution in [0.25, 0.3) is 0 Å². The number of nitro groups is 1. The van der Waals surface area contributed by atoms with Crippen LogP contribution in [-0.4, -0.2) is 17.4 Å². The van der Waals surface area contributed by atoms with Crippen LogP contribution in [0.4, 0.5) is 11.4 Å². The van der Waals surface area contributed by atoms with Crippen LogP contribution < -0.4 is 11.1 Å². The summed E-state index contributed by atoms with van der Waals surface area (Å²) in [4.78, 5) is 22.3. The minimum Gasteiger partial charge on any atom is -0.330 e. The molecule has 0 aliphatic rings. The predicted octanol–water partition coefficient (Wildman–Crippen LogP) is 2.67. The van der Waals surface area contributed by atoms with Gasteiger partial charge in [-0.25, -0.2) is 0 Å². The van der Waals surface area contributed by atoms with E-state index in [1.807, 2.05) is 6.92 Å². The van der Waals surface area contributed by atoms with E-state index in [2.05, 4.69) is 5.32 Å². The topological polar surface area (TPSA) is 98.3 Å². The van der Waals surface area contributed by atoms with Gasteiger partial charge in [0.2, 0.25) is 5.91 Å². The van der Waals surface area contributed by atoms with E-state index >= 15 is 0 Å². The first kappa shape index (κ1) is 16.1. The number of nitrogens with one attached hydrogen (secondary N) is 1. The van der Waals surface area contributed by atoms with Crippen molar-refractivity contribution < 1.29 is 9.72 Å². The van der Waals surface area contributed by atoms with E-state index < -0.39 is 4.92 Å². The van der Waals surface area contributed by atoms with Crippen LogP contribution in [-0.2, 0) is 4.79 Å². The zero-order chi connectivity index (χ0) is 15.1. The number of carbonyl (C=O) groups excluding carboxylic acids is 1. The number of benzene rings is 1. The summed E-state index contributed by atoms with van der Waals surface area (Å²) in [6.45, 7) is 4.28. The van der Waals surface area contributed by atoms with Gasteiger partial charge in [-0.15, -0.1) is 0 Å². The molecule has 1 aromatic carbocycles. The fourth-order valence-corrected chi connectivity index (χ4v) is 1.87. The summed E-state index contributed by atoms with van der Waals surface area (Å²) >= 11 is 0. The lowest BCUT2D eigenvalue weighted by Crippen LogP contribution is -2.13. The first-order chi connectivity index (χ1) is 9.45. The monoisotopic (exact) mass is 279 g/mol. The standard InChI is InChI=1S/C14H21N3O3/c1-10-8-12(13(17(19)20)9-11(10)2)16-14(18)6-4-3-5-7-15/h8-9H,3-7,15H2,1-2H3,(H,16,18). The number of carbonyl (C=O) groups is 1. The van der Waals surface area contributed by atoms with Gasteiger partial charge in [0.25, 0.3) is 5.69 Å². The highest BCUT2D eigenvalue weighted by atomic mass is 16.6. The van der Waals surface area contributed by atoms with Crippen LogP contribution in [0.5, 0.6) is 0 Å². The Morgan fingerprint density at radius 3 is 2.50 bits per heavy atom. The van der Waals surface area contributed by atoms with E-state index in [1.165, 1.54) is 6.07 Å². The third-order valence-electron chi connectivity index (χ3n) is 3.19. The van der Waals surface area contributed by atoms with Crippen LogP contribution in [0, 0.1) is 24.0 Å². The van der Waals surface area contributed by atoms with Crippen molar-refractivity contribution in [1.29, 1.82) is 0 Å². The Morgan fingerprint density at radius 2 is 1.90 bits per heavy atom. The highest BCUT2D eigenvalue weighted by molar-refractivity contribution is 5.93. The molecule has 0 saturated carbocycles. The summed E-state index contributed by atoms with van der Waals surface area (Å²) < 4.78 is 0. The van der Waals surface area contributed by atoms with Crippen molar-refractivity contribution in [3.8, 4) is 0 Å². The van der Waals surface area contributed by atoms with E-state index in [0.29, 0.717) is 13.0 Å². The molecular weight excluding hydrogens is 258 g/mol. The summed E-state index contributed by atoms with van der Waals surface area (Å²) in [5, 5.41) is 13.6. The molecule has 0 bridgehead atoms. The van der Waals surface area contributed by atoms with Gasteiger partial charge in [-0.05, 0) is 50.4 Å². The van der Waals surface area contributed by atoms with E-state index in [9.17, 15) is 14.9 Å². The minimum atomic E-state index is -0.476. The zero-order valence-electron chi connectivity index (χ0n) is 11.9. The summed E-state index contributed by atoms with van der Waals surface area (Å²) in [5.74, 6) is -0.201. The Labute approximate surface area is 118 Å². The molecule has 20 heavy (non-hydrogen) atoms. The smallest absolute Gasteiger partial charge is 0.293 e. The summed E-state index contributed by atoms with van der Waals surface area (Å²) in [6.07, 6.45) is 2.86. The molecule has 1 rings (SSSR count). The third kappa shape index (κ3) is 4.62. The Bertz CT molecular complexity index is 501. The molecule has 0 radical (unpaired) electrons. The average Bonchev–Trinajstić information content (AvgIpc) is 2.38. The lowest BCUT2D eigenvalue weighted by Gasteiger charge is -2.08. The van der Waals surface area contributed by atoms with Gasteiger partial charge in [-0.3, -0.25) is 14.9 Å². The van der Waals surface area contributed by atoms with Gasteiger partial charge in [0.1, 0.15) is 5.69 Å². The maximum atomic E-state index is 11.8. The number of aryl methyl sites for hydroxylation is 2. The molecule has 6 heteroatoms. The average molecular weight is 279 g/mol. The summed E-state index contributed by atoms with van der Waals surface area (Å²) in [7, 11) is 0. The first-order valence-electron chi connectivity index (χ1n) is 6.71. The van der Waals surface area contributed by atoms with Gasteiger partial charge in [0.15, 0.2) is 0 Å². The fraction of sp³-hybridized carbons (Fsp3) is 0.500. The Kier molecular flexibility index (Phi) is 6.11. The maximum absolute atomic E-state index is 11.8. The summed E-state index contributed by atoms with van der Waals surface area (Å²) in [6, 6.07) is 3.13. The molecule has 0 aliphatic heterocycles. The van der Waals surface area contributed by atoms with Crippen molar-refractivity contribution in [2.24, 2.45) is 5.73 Å². The van der Waals surface area contributed by atoms with Gasteiger partial charge in [-0.1, -0.05) is 6.42 Å². The maximum Gasteiger partial charge on any atom is 0.293 e. The van der Waals surface area contributed by atoms with Gasteiger partial charge in [0, 0.05) is 12.5 Å². The molecule has 6 nitrogen and oxygen atoms in total. The third-order valence-corrected chi connectivity index (χ3v) is 3.19. The Balaban J connectivity index is 2.73. The molecule has 0 heterocycles. The molecular formula is C14H21N3O3. The molecule has 0 fully saturated rings. The second-order valence-corrected chi connectivity index (χ2v) is 4.86. The lowest BCUT2D eigenvalue weighted by atomic mass is 10.1.